The number of aryl methyl sites for hydroxylation is 2. The molecule has 0 amide bonds. The number of benzene rings is 3. The summed E-state index contributed by atoms with van der Waals surface area (Å²) < 4.78 is 28.2. The number of esters is 3. The molecule has 0 aliphatic heterocycles. The highest BCUT2D eigenvalue weighted by Crippen LogP contribution is 2.46. The lowest BCUT2D eigenvalue weighted by molar-refractivity contribution is -0.137. The van der Waals surface area contributed by atoms with Crippen LogP contribution in [0.4, 0.5) is 0 Å². The molecule has 39 heavy (non-hydrogen) atoms. The number of carbonyl (C=O) groups excluding carboxylic acids is 3. The SMILES string of the molecule is CCOC(=O)/C=C/Oc1c2ccc(C)cc2c(C(=O)OCC)c2oc(-c3ccc(C)cc3)c(C(=O)OCC)c12. The van der Waals surface area contributed by atoms with Crippen LogP contribution in [0.2, 0.25) is 0 Å². The van der Waals surface area contributed by atoms with E-state index >= 15 is 0 Å². The maximum absolute atomic E-state index is 13.5. The van der Waals surface area contributed by atoms with Crippen LogP contribution in [0.1, 0.15) is 52.6 Å². The maximum Gasteiger partial charge on any atom is 0.342 e. The first-order chi connectivity index (χ1) is 18.8. The molecule has 0 fully saturated rings. The van der Waals surface area contributed by atoms with Crippen LogP contribution in [0.5, 0.6) is 5.75 Å². The molecular weight excluding hydrogens is 500 g/mol. The van der Waals surface area contributed by atoms with Gasteiger partial charge < -0.3 is 23.4 Å². The first-order valence-electron chi connectivity index (χ1n) is 12.7. The quantitative estimate of drug-likeness (QED) is 0.102. The third-order valence-electron chi connectivity index (χ3n) is 6.00. The third kappa shape index (κ3) is 5.50. The van der Waals surface area contributed by atoms with Gasteiger partial charge in [-0.25, -0.2) is 14.4 Å². The van der Waals surface area contributed by atoms with Crippen molar-refractivity contribution in [2.24, 2.45) is 0 Å². The van der Waals surface area contributed by atoms with E-state index in [1.54, 1.807) is 26.8 Å². The van der Waals surface area contributed by atoms with E-state index in [9.17, 15) is 14.4 Å². The molecule has 1 heterocycles. The van der Waals surface area contributed by atoms with Crippen LogP contribution in [-0.4, -0.2) is 37.7 Å². The molecule has 1 aromatic heterocycles. The Morgan fingerprint density at radius 3 is 2.03 bits per heavy atom. The Labute approximate surface area is 226 Å². The van der Waals surface area contributed by atoms with Crippen LogP contribution in [0.3, 0.4) is 0 Å². The Morgan fingerprint density at radius 1 is 0.769 bits per heavy atom. The van der Waals surface area contributed by atoms with Gasteiger partial charge in [0.25, 0.3) is 0 Å². The van der Waals surface area contributed by atoms with Gasteiger partial charge in [0.1, 0.15) is 22.6 Å². The average Bonchev–Trinajstić information content (AvgIpc) is 3.29. The first kappa shape index (κ1) is 27.4. The van der Waals surface area contributed by atoms with Crippen molar-refractivity contribution in [1.29, 1.82) is 0 Å². The van der Waals surface area contributed by atoms with Crippen LogP contribution in [0.25, 0.3) is 33.1 Å². The van der Waals surface area contributed by atoms with E-state index in [4.69, 9.17) is 23.4 Å². The van der Waals surface area contributed by atoms with Crippen molar-refractivity contribution < 1.29 is 37.7 Å². The van der Waals surface area contributed by atoms with E-state index in [2.05, 4.69) is 0 Å². The summed E-state index contributed by atoms with van der Waals surface area (Å²) in [5.74, 6) is -1.40. The van der Waals surface area contributed by atoms with Gasteiger partial charge in [0.05, 0.1) is 37.5 Å². The summed E-state index contributed by atoms with van der Waals surface area (Å²) in [7, 11) is 0. The van der Waals surface area contributed by atoms with Gasteiger partial charge in [-0.3, -0.25) is 0 Å². The third-order valence-corrected chi connectivity index (χ3v) is 6.00. The summed E-state index contributed by atoms with van der Waals surface area (Å²) in [6.45, 7) is 9.42. The van der Waals surface area contributed by atoms with E-state index in [1.165, 1.54) is 6.26 Å². The molecule has 8 heteroatoms. The van der Waals surface area contributed by atoms with Gasteiger partial charge in [-0.1, -0.05) is 53.6 Å². The molecule has 0 aliphatic rings. The zero-order valence-electron chi connectivity index (χ0n) is 22.6. The number of hydrogen-bond donors (Lipinski definition) is 0. The largest absolute Gasteiger partial charge is 0.463 e. The predicted molar refractivity (Wildman–Crippen MR) is 147 cm³/mol. The summed E-state index contributed by atoms with van der Waals surface area (Å²) in [4.78, 5) is 38.8. The number of carbonyl (C=O) groups is 3. The van der Waals surface area contributed by atoms with Crippen molar-refractivity contribution in [2.75, 3.05) is 19.8 Å². The molecule has 0 radical (unpaired) electrons. The van der Waals surface area contributed by atoms with Gasteiger partial charge in [0.15, 0.2) is 5.58 Å². The van der Waals surface area contributed by atoms with Gasteiger partial charge in [-0.2, -0.15) is 0 Å². The second-order valence-electron chi connectivity index (χ2n) is 8.74. The van der Waals surface area contributed by atoms with Crippen LogP contribution in [0.15, 0.2) is 59.2 Å². The van der Waals surface area contributed by atoms with Crippen LogP contribution in [0, 0.1) is 13.8 Å². The Kier molecular flexibility index (Phi) is 8.34. The predicted octanol–water partition coefficient (Wildman–Crippen LogP) is 6.68. The van der Waals surface area contributed by atoms with Crippen molar-refractivity contribution >= 4 is 39.6 Å². The summed E-state index contributed by atoms with van der Waals surface area (Å²) in [5.41, 5.74) is 2.90. The van der Waals surface area contributed by atoms with Crippen molar-refractivity contribution in [2.45, 2.75) is 34.6 Å². The molecule has 4 aromatic rings. The molecule has 0 spiro atoms. The number of hydrogen-bond acceptors (Lipinski definition) is 8. The topological polar surface area (TPSA) is 101 Å². The van der Waals surface area contributed by atoms with Crippen molar-refractivity contribution in [3.05, 3.63) is 77.1 Å². The van der Waals surface area contributed by atoms with Crippen molar-refractivity contribution in [1.82, 2.24) is 0 Å². The van der Waals surface area contributed by atoms with Gasteiger partial charge in [0, 0.05) is 16.3 Å². The van der Waals surface area contributed by atoms with Gasteiger partial charge in [-0.05, 0) is 34.6 Å². The van der Waals surface area contributed by atoms with E-state index in [0.29, 0.717) is 16.3 Å². The molecule has 4 rings (SSSR count). The molecule has 8 nitrogen and oxygen atoms in total. The van der Waals surface area contributed by atoms with Crippen molar-refractivity contribution in [3.63, 3.8) is 0 Å². The summed E-state index contributed by atoms with van der Waals surface area (Å²) in [6.07, 6.45) is 2.32. The summed E-state index contributed by atoms with van der Waals surface area (Å²) in [5, 5.41) is 1.27. The van der Waals surface area contributed by atoms with Crippen LogP contribution < -0.4 is 4.74 Å². The molecular formula is C31H30O8. The minimum Gasteiger partial charge on any atom is -0.463 e. The minimum atomic E-state index is -0.646. The Balaban J connectivity index is 2.15. The molecule has 0 saturated carbocycles. The zero-order valence-corrected chi connectivity index (χ0v) is 22.6. The maximum atomic E-state index is 13.5. The molecule has 3 aromatic carbocycles. The van der Waals surface area contributed by atoms with Crippen LogP contribution in [-0.2, 0) is 19.0 Å². The summed E-state index contributed by atoms with van der Waals surface area (Å²) in [6, 6.07) is 12.9. The molecule has 0 N–H and O–H groups in total. The monoisotopic (exact) mass is 530 g/mol. The lowest BCUT2D eigenvalue weighted by Crippen LogP contribution is -2.08. The van der Waals surface area contributed by atoms with Gasteiger partial charge >= 0.3 is 17.9 Å². The smallest absolute Gasteiger partial charge is 0.342 e. The second-order valence-corrected chi connectivity index (χ2v) is 8.74. The highest BCUT2D eigenvalue weighted by molar-refractivity contribution is 6.23. The number of fused-ring (bicyclic) bond motifs is 2. The molecule has 0 aliphatic carbocycles. The van der Waals surface area contributed by atoms with Gasteiger partial charge in [-0.15, -0.1) is 0 Å². The number of ether oxygens (including phenoxy) is 4. The normalized spacial score (nSPS) is 11.2. The standard InChI is InChI=1S/C31H30O8/c1-6-35-23(32)15-16-38-28-21-14-11-19(5)17-22(21)24(30(33)36-7-2)29-25(28)26(31(34)37-8-3)27(39-29)20-12-9-18(4)10-13-20/h9-17H,6-8H2,1-5H3/b16-15+. The van der Waals surface area contributed by atoms with Crippen LogP contribution >= 0.6 is 0 Å². The van der Waals surface area contributed by atoms with E-state index in [0.717, 1.165) is 17.2 Å². The number of rotatable bonds is 9. The Bertz CT molecular complexity index is 1570. The molecule has 0 saturated heterocycles. The fraction of sp³-hybridized carbons (Fsp3) is 0.258. The van der Waals surface area contributed by atoms with Crippen molar-refractivity contribution in [3.8, 4) is 17.1 Å². The lowest BCUT2D eigenvalue weighted by Gasteiger charge is -2.13. The fourth-order valence-electron chi connectivity index (χ4n) is 4.33. The molecule has 202 valence electrons. The highest BCUT2D eigenvalue weighted by atomic mass is 16.5. The van der Waals surface area contributed by atoms with E-state index < -0.39 is 17.9 Å². The Hall–Kier alpha value is -4.59. The lowest BCUT2D eigenvalue weighted by atomic mass is 9.95. The zero-order chi connectivity index (χ0) is 28.1. The highest BCUT2D eigenvalue weighted by Gasteiger charge is 2.32. The van der Waals surface area contributed by atoms with Gasteiger partial charge in [0.2, 0.25) is 0 Å². The molecule has 0 bridgehead atoms. The molecule has 0 unspecified atom stereocenters. The second kappa shape index (κ2) is 11.9. The fourth-order valence-corrected chi connectivity index (χ4v) is 4.33. The number of furan rings is 1. The minimum absolute atomic E-state index is 0.100. The first-order valence-corrected chi connectivity index (χ1v) is 12.7. The Morgan fingerprint density at radius 2 is 1.38 bits per heavy atom. The van der Waals surface area contributed by atoms with E-state index in [1.807, 2.05) is 50.2 Å². The average molecular weight is 531 g/mol. The molecule has 0 atom stereocenters. The van der Waals surface area contributed by atoms with E-state index in [-0.39, 0.29) is 53.4 Å². The summed E-state index contributed by atoms with van der Waals surface area (Å²) >= 11 is 0.